The van der Waals surface area contributed by atoms with Crippen molar-refractivity contribution in [3.8, 4) is 0 Å². The van der Waals surface area contributed by atoms with Crippen LogP contribution in [-0.4, -0.2) is 18.9 Å². The fourth-order valence-electron chi connectivity index (χ4n) is 2.84. The molecule has 4 heteroatoms. The third-order valence-corrected chi connectivity index (χ3v) is 3.67. The van der Waals surface area contributed by atoms with Gasteiger partial charge in [0.05, 0.1) is 12.0 Å². The highest BCUT2D eigenvalue weighted by Crippen LogP contribution is 2.42. The predicted octanol–water partition coefficient (Wildman–Crippen LogP) is 3.53. The Morgan fingerprint density at radius 2 is 1.80 bits per heavy atom. The molecule has 0 N–H and O–H groups in total. The highest BCUT2D eigenvalue weighted by molar-refractivity contribution is 4.83. The van der Waals surface area contributed by atoms with Crippen molar-refractivity contribution in [2.75, 3.05) is 6.61 Å². The molecule has 0 bridgehead atoms. The summed E-state index contributed by atoms with van der Waals surface area (Å²) in [6.07, 6.45) is 0.284. The van der Waals surface area contributed by atoms with E-state index >= 15 is 0 Å². The molecule has 1 heterocycles. The van der Waals surface area contributed by atoms with E-state index in [0.29, 0.717) is 12.8 Å². The Kier molecular flexibility index (Phi) is 3.24. The van der Waals surface area contributed by atoms with Gasteiger partial charge in [-0.15, -0.1) is 0 Å². The molecule has 0 radical (unpaired) electrons. The standard InChI is InChI=1S/C11H17F3O/c12-11(13,14)9-4-1-3-8(7-9)10-5-2-6-15-10/h8-10H,1-7H2. The first kappa shape index (κ1) is 11.2. The molecule has 0 aromatic carbocycles. The minimum Gasteiger partial charge on any atom is -0.378 e. The maximum absolute atomic E-state index is 12.6. The monoisotopic (exact) mass is 222 g/mol. The lowest BCUT2D eigenvalue weighted by Gasteiger charge is -2.33. The van der Waals surface area contributed by atoms with Crippen LogP contribution >= 0.6 is 0 Å². The topological polar surface area (TPSA) is 9.23 Å². The second-order valence-electron chi connectivity index (χ2n) is 4.72. The molecular formula is C11H17F3O. The molecular weight excluding hydrogens is 205 g/mol. The average molecular weight is 222 g/mol. The Morgan fingerprint density at radius 1 is 1.00 bits per heavy atom. The number of ether oxygens (including phenoxy) is 1. The highest BCUT2D eigenvalue weighted by Gasteiger charge is 2.44. The van der Waals surface area contributed by atoms with Crippen LogP contribution < -0.4 is 0 Å². The first-order valence-corrected chi connectivity index (χ1v) is 5.75. The van der Waals surface area contributed by atoms with Crippen LogP contribution in [0.15, 0.2) is 0 Å². The normalized spacial score (nSPS) is 38.2. The summed E-state index contributed by atoms with van der Waals surface area (Å²) in [5, 5.41) is 0. The van der Waals surface area contributed by atoms with Crippen molar-refractivity contribution in [2.45, 2.75) is 50.8 Å². The molecule has 1 aliphatic heterocycles. The highest BCUT2D eigenvalue weighted by atomic mass is 19.4. The zero-order chi connectivity index (χ0) is 10.9. The van der Waals surface area contributed by atoms with Gasteiger partial charge in [0.15, 0.2) is 0 Å². The molecule has 0 amide bonds. The van der Waals surface area contributed by atoms with E-state index in [-0.39, 0.29) is 18.4 Å². The number of hydrogen-bond acceptors (Lipinski definition) is 1. The number of rotatable bonds is 1. The molecule has 2 aliphatic rings. The Morgan fingerprint density at radius 3 is 2.40 bits per heavy atom. The lowest BCUT2D eigenvalue weighted by Crippen LogP contribution is -2.33. The maximum Gasteiger partial charge on any atom is 0.391 e. The third-order valence-electron chi connectivity index (χ3n) is 3.67. The van der Waals surface area contributed by atoms with Crippen LogP contribution in [-0.2, 0) is 4.74 Å². The largest absolute Gasteiger partial charge is 0.391 e. The Hall–Kier alpha value is -0.250. The quantitative estimate of drug-likeness (QED) is 0.659. The summed E-state index contributed by atoms with van der Waals surface area (Å²) in [4.78, 5) is 0. The van der Waals surface area contributed by atoms with Gasteiger partial charge in [-0.05, 0) is 38.0 Å². The second-order valence-corrected chi connectivity index (χ2v) is 4.72. The van der Waals surface area contributed by atoms with Crippen molar-refractivity contribution in [2.24, 2.45) is 11.8 Å². The predicted molar refractivity (Wildman–Crippen MR) is 50.5 cm³/mol. The third kappa shape index (κ3) is 2.65. The molecule has 3 atom stereocenters. The molecule has 1 aliphatic carbocycles. The van der Waals surface area contributed by atoms with Crippen LogP contribution in [0.1, 0.15) is 38.5 Å². The van der Waals surface area contributed by atoms with Crippen molar-refractivity contribution in [3.63, 3.8) is 0 Å². The van der Waals surface area contributed by atoms with E-state index in [0.717, 1.165) is 25.9 Å². The summed E-state index contributed by atoms with van der Waals surface area (Å²) in [6, 6.07) is 0. The Labute approximate surface area is 88.0 Å². The van der Waals surface area contributed by atoms with E-state index < -0.39 is 12.1 Å². The average Bonchev–Trinajstić information content (AvgIpc) is 2.69. The SMILES string of the molecule is FC(F)(F)C1CCCC(C2CCCO2)C1. The zero-order valence-electron chi connectivity index (χ0n) is 8.72. The van der Waals surface area contributed by atoms with E-state index in [2.05, 4.69) is 0 Å². The van der Waals surface area contributed by atoms with Crippen LogP contribution in [0.5, 0.6) is 0 Å². The van der Waals surface area contributed by atoms with E-state index in [1.807, 2.05) is 0 Å². The van der Waals surface area contributed by atoms with Crippen molar-refractivity contribution in [1.82, 2.24) is 0 Å². The minimum absolute atomic E-state index is 0.107. The summed E-state index contributed by atoms with van der Waals surface area (Å²) < 4.78 is 43.2. The first-order valence-electron chi connectivity index (χ1n) is 5.75. The van der Waals surface area contributed by atoms with Crippen LogP contribution in [0.3, 0.4) is 0 Å². The molecule has 2 rings (SSSR count). The van der Waals surface area contributed by atoms with Gasteiger partial charge in [-0.1, -0.05) is 6.42 Å². The van der Waals surface area contributed by atoms with Gasteiger partial charge in [0.25, 0.3) is 0 Å². The van der Waals surface area contributed by atoms with Crippen LogP contribution in [0, 0.1) is 11.8 Å². The minimum atomic E-state index is -4.00. The molecule has 15 heavy (non-hydrogen) atoms. The van der Waals surface area contributed by atoms with E-state index in [1.54, 1.807) is 0 Å². The first-order chi connectivity index (χ1) is 7.07. The molecule has 0 aromatic heterocycles. The summed E-state index contributed by atoms with van der Waals surface area (Å²) in [5.41, 5.74) is 0. The molecule has 0 spiro atoms. The van der Waals surface area contributed by atoms with Gasteiger partial charge < -0.3 is 4.74 Å². The van der Waals surface area contributed by atoms with Gasteiger partial charge in [-0.2, -0.15) is 13.2 Å². The number of hydrogen-bond donors (Lipinski definition) is 0. The summed E-state index contributed by atoms with van der Waals surface area (Å²) in [7, 11) is 0. The lowest BCUT2D eigenvalue weighted by atomic mass is 9.78. The molecule has 1 saturated heterocycles. The van der Waals surface area contributed by atoms with Gasteiger partial charge >= 0.3 is 6.18 Å². The van der Waals surface area contributed by atoms with Crippen LogP contribution in [0.25, 0.3) is 0 Å². The van der Waals surface area contributed by atoms with Gasteiger partial charge in [-0.3, -0.25) is 0 Å². The van der Waals surface area contributed by atoms with Crippen molar-refractivity contribution < 1.29 is 17.9 Å². The Balaban J connectivity index is 1.92. The van der Waals surface area contributed by atoms with Crippen LogP contribution in [0.2, 0.25) is 0 Å². The Bertz CT molecular complexity index is 208. The van der Waals surface area contributed by atoms with E-state index in [4.69, 9.17) is 4.74 Å². The maximum atomic E-state index is 12.6. The smallest absolute Gasteiger partial charge is 0.378 e. The molecule has 1 saturated carbocycles. The molecule has 2 fully saturated rings. The van der Waals surface area contributed by atoms with Gasteiger partial charge in [0.2, 0.25) is 0 Å². The molecule has 88 valence electrons. The van der Waals surface area contributed by atoms with Gasteiger partial charge in [0, 0.05) is 6.61 Å². The number of halogens is 3. The zero-order valence-corrected chi connectivity index (χ0v) is 8.72. The molecule has 3 unspecified atom stereocenters. The molecule has 0 aromatic rings. The molecule has 1 nitrogen and oxygen atoms in total. The van der Waals surface area contributed by atoms with Crippen molar-refractivity contribution >= 4 is 0 Å². The van der Waals surface area contributed by atoms with Gasteiger partial charge in [-0.25, -0.2) is 0 Å². The van der Waals surface area contributed by atoms with E-state index in [9.17, 15) is 13.2 Å². The van der Waals surface area contributed by atoms with Crippen molar-refractivity contribution in [3.05, 3.63) is 0 Å². The summed E-state index contributed by atoms with van der Waals surface area (Å²) >= 11 is 0. The van der Waals surface area contributed by atoms with E-state index in [1.165, 1.54) is 0 Å². The fourth-order valence-corrected chi connectivity index (χ4v) is 2.84. The van der Waals surface area contributed by atoms with Crippen LogP contribution in [0.4, 0.5) is 13.2 Å². The van der Waals surface area contributed by atoms with Gasteiger partial charge in [0.1, 0.15) is 0 Å². The lowest BCUT2D eigenvalue weighted by molar-refractivity contribution is -0.189. The second kappa shape index (κ2) is 4.32. The van der Waals surface area contributed by atoms with Crippen molar-refractivity contribution in [1.29, 1.82) is 0 Å². The summed E-state index contributed by atoms with van der Waals surface area (Å²) in [6.45, 7) is 0.734. The number of alkyl halides is 3. The summed E-state index contributed by atoms with van der Waals surface area (Å²) in [5.74, 6) is -0.937. The fraction of sp³-hybridized carbons (Fsp3) is 1.00.